The Hall–Kier alpha value is -3.22. The Kier molecular flexibility index (Phi) is 9.00. The SMILES string of the molecule is CCOc1ccc(C(=O)NCC(=O)OCCOc2cc(C)cc(C)c2)cc1OCC. The highest BCUT2D eigenvalue weighted by Crippen LogP contribution is 2.28. The van der Waals surface area contributed by atoms with Crippen molar-refractivity contribution < 1.29 is 28.5 Å². The predicted octanol–water partition coefficient (Wildman–Crippen LogP) is 3.45. The number of nitrogens with one attached hydrogen (secondary N) is 1. The van der Waals surface area contributed by atoms with Crippen LogP contribution in [0.3, 0.4) is 0 Å². The lowest BCUT2D eigenvalue weighted by atomic mass is 10.1. The van der Waals surface area contributed by atoms with Crippen LogP contribution in [0.15, 0.2) is 36.4 Å². The zero-order valence-electron chi connectivity index (χ0n) is 17.9. The van der Waals surface area contributed by atoms with Gasteiger partial charge < -0.3 is 24.3 Å². The van der Waals surface area contributed by atoms with Crippen molar-refractivity contribution in [1.29, 1.82) is 0 Å². The molecule has 162 valence electrons. The molecule has 7 heteroatoms. The number of amides is 1. The van der Waals surface area contributed by atoms with E-state index in [9.17, 15) is 9.59 Å². The zero-order chi connectivity index (χ0) is 21.9. The molecule has 0 aliphatic rings. The molecule has 0 spiro atoms. The molecule has 1 N–H and O–H groups in total. The van der Waals surface area contributed by atoms with E-state index in [2.05, 4.69) is 11.4 Å². The summed E-state index contributed by atoms with van der Waals surface area (Å²) in [7, 11) is 0. The molecule has 0 unspecified atom stereocenters. The minimum absolute atomic E-state index is 0.0965. The molecule has 0 saturated heterocycles. The molecule has 7 nitrogen and oxygen atoms in total. The van der Waals surface area contributed by atoms with Crippen LogP contribution in [0.2, 0.25) is 0 Å². The molecule has 0 aliphatic heterocycles. The van der Waals surface area contributed by atoms with Crippen LogP contribution in [0.1, 0.15) is 35.3 Å². The predicted molar refractivity (Wildman–Crippen MR) is 113 cm³/mol. The van der Waals surface area contributed by atoms with Crippen LogP contribution in [0.25, 0.3) is 0 Å². The second-order valence-electron chi connectivity index (χ2n) is 6.60. The van der Waals surface area contributed by atoms with Crippen LogP contribution in [0.5, 0.6) is 17.2 Å². The van der Waals surface area contributed by atoms with E-state index in [0.29, 0.717) is 30.3 Å². The topological polar surface area (TPSA) is 83.1 Å². The maximum Gasteiger partial charge on any atom is 0.325 e. The first-order chi connectivity index (χ1) is 14.4. The van der Waals surface area contributed by atoms with Crippen LogP contribution in [0.4, 0.5) is 0 Å². The zero-order valence-corrected chi connectivity index (χ0v) is 17.9. The number of rotatable bonds is 11. The fraction of sp³-hybridized carbons (Fsp3) is 0.391. The standard InChI is InChI=1S/C23H29NO6/c1-5-27-20-8-7-18(14-21(20)28-6-2)23(26)24-15-22(25)30-10-9-29-19-12-16(3)11-17(4)13-19/h7-8,11-14H,5-6,9-10,15H2,1-4H3,(H,24,26). The van der Waals surface area contributed by atoms with Crippen molar-refractivity contribution >= 4 is 11.9 Å². The number of hydrogen-bond donors (Lipinski definition) is 1. The van der Waals surface area contributed by atoms with Gasteiger partial charge in [-0.15, -0.1) is 0 Å². The molecule has 0 aromatic heterocycles. The van der Waals surface area contributed by atoms with Crippen molar-refractivity contribution in [2.45, 2.75) is 27.7 Å². The Balaban J connectivity index is 1.77. The third kappa shape index (κ3) is 7.31. The minimum Gasteiger partial charge on any atom is -0.490 e. The first kappa shape index (κ1) is 23.1. The Morgan fingerprint density at radius 2 is 1.50 bits per heavy atom. The number of carbonyl (C=O) groups is 2. The molecule has 0 bridgehead atoms. The summed E-state index contributed by atoms with van der Waals surface area (Å²) in [5.41, 5.74) is 2.57. The number of aryl methyl sites for hydroxylation is 2. The van der Waals surface area contributed by atoms with E-state index in [4.69, 9.17) is 18.9 Å². The Morgan fingerprint density at radius 1 is 0.833 bits per heavy atom. The van der Waals surface area contributed by atoms with E-state index in [0.717, 1.165) is 16.9 Å². The van der Waals surface area contributed by atoms with Gasteiger partial charge in [-0.1, -0.05) is 6.07 Å². The molecule has 2 aromatic rings. The highest BCUT2D eigenvalue weighted by Gasteiger charge is 2.13. The van der Waals surface area contributed by atoms with Crippen molar-refractivity contribution in [3.8, 4) is 17.2 Å². The van der Waals surface area contributed by atoms with E-state index < -0.39 is 11.9 Å². The van der Waals surface area contributed by atoms with Crippen molar-refractivity contribution in [2.75, 3.05) is 33.0 Å². The highest BCUT2D eigenvalue weighted by atomic mass is 16.6. The van der Waals surface area contributed by atoms with Crippen molar-refractivity contribution in [2.24, 2.45) is 0 Å². The summed E-state index contributed by atoms with van der Waals surface area (Å²) in [6.07, 6.45) is 0. The normalized spacial score (nSPS) is 10.3. The smallest absolute Gasteiger partial charge is 0.325 e. The van der Waals surface area contributed by atoms with E-state index in [1.165, 1.54) is 0 Å². The lowest BCUT2D eigenvalue weighted by Crippen LogP contribution is -2.31. The molecule has 0 radical (unpaired) electrons. The summed E-state index contributed by atoms with van der Waals surface area (Å²) in [4.78, 5) is 24.2. The first-order valence-electron chi connectivity index (χ1n) is 9.97. The second-order valence-corrected chi connectivity index (χ2v) is 6.60. The van der Waals surface area contributed by atoms with Gasteiger partial charge in [0.15, 0.2) is 11.5 Å². The van der Waals surface area contributed by atoms with Gasteiger partial charge in [0.1, 0.15) is 25.5 Å². The Morgan fingerprint density at radius 3 is 2.17 bits per heavy atom. The molecule has 2 rings (SSSR count). The van der Waals surface area contributed by atoms with Gasteiger partial charge in [-0.2, -0.15) is 0 Å². The summed E-state index contributed by atoms with van der Waals surface area (Å²) in [6.45, 7) is 8.73. The Bertz CT molecular complexity index is 845. The number of benzene rings is 2. The van der Waals surface area contributed by atoms with Gasteiger partial charge in [-0.25, -0.2) is 0 Å². The van der Waals surface area contributed by atoms with Gasteiger partial charge in [0.2, 0.25) is 0 Å². The average molecular weight is 415 g/mol. The summed E-state index contributed by atoms with van der Waals surface area (Å²) in [6, 6.07) is 10.8. The molecule has 0 saturated carbocycles. The molecule has 1 amide bonds. The number of carbonyl (C=O) groups excluding carboxylic acids is 2. The largest absolute Gasteiger partial charge is 0.490 e. The van der Waals surface area contributed by atoms with Gasteiger partial charge >= 0.3 is 5.97 Å². The molecule has 30 heavy (non-hydrogen) atoms. The molecule has 0 fully saturated rings. The van der Waals surface area contributed by atoms with Crippen LogP contribution in [-0.2, 0) is 9.53 Å². The van der Waals surface area contributed by atoms with Crippen LogP contribution in [0, 0.1) is 13.8 Å². The van der Waals surface area contributed by atoms with E-state index >= 15 is 0 Å². The van der Waals surface area contributed by atoms with Crippen molar-refractivity contribution in [3.05, 3.63) is 53.1 Å². The van der Waals surface area contributed by atoms with E-state index in [1.54, 1.807) is 18.2 Å². The van der Waals surface area contributed by atoms with Crippen LogP contribution < -0.4 is 19.5 Å². The average Bonchev–Trinajstić information content (AvgIpc) is 2.70. The number of hydrogen-bond acceptors (Lipinski definition) is 6. The quantitative estimate of drug-likeness (QED) is 0.447. The first-order valence-corrected chi connectivity index (χ1v) is 9.97. The lowest BCUT2D eigenvalue weighted by molar-refractivity contribution is -0.143. The van der Waals surface area contributed by atoms with E-state index in [-0.39, 0.29) is 19.8 Å². The molecule has 0 atom stereocenters. The maximum atomic E-state index is 12.3. The van der Waals surface area contributed by atoms with Crippen molar-refractivity contribution in [1.82, 2.24) is 5.32 Å². The second kappa shape index (κ2) is 11.7. The number of esters is 1. The molecular formula is C23H29NO6. The Labute approximate surface area is 177 Å². The third-order valence-electron chi connectivity index (χ3n) is 4.01. The molecular weight excluding hydrogens is 386 g/mol. The van der Waals surface area contributed by atoms with Crippen molar-refractivity contribution in [3.63, 3.8) is 0 Å². The minimum atomic E-state index is -0.539. The summed E-state index contributed by atoms with van der Waals surface area (Å²) in [5, 5.41) is 2.54. The fourth-order valence-corrected chi connectivity index (χ4v) is 2.83. The number of ether oxygens (including phenoxy) is 4. The highest BCUT2D eigenvalue weighted by molar-refractivity contribution is 5.96. The molecule has 0 heterocycles. The molecule has 0 aliphatic carbocycles. The lowest BCUT2D eigenvalue weighted by Gasteiger charge is -2.12. The van der Waals surface area contributed by atoms with Gasteiger partial charge in [0, 0.05) is 5.56 Å². The van der Waals surface area contributed by atoms with Gasteiger partial charge in [0.05, 0.1) is 13.2 Å². The van der Waals surface area contributed by atoms with Gasteiger partial charge in [-0.3, -0.25) is 9.59 Å². The van der Waals surface area contributed by atoms with Gasteiger partial charge in [-0.05, 0) is 69.2 Å². The summed E-state index contributed by atoms with van der Waals surface area (Å²) < 4.78 is 21.7. The summed E-state index contributed by atoms with van der Waals surface area (Å²) >= 11 is 0. The van der Waals surface area contributed by atoms with Gasteiger partial charge in [0.25, 0.3) is 5.91 Å². The monoisotopic (exact) mass is 415 g/mol. The van der Waals surface area contributed by atoms with Crippen LogP contribution >= 0.6 is 0 Å². The fourth-order valence-electron chi connectivity index (χ4n) is 2.83. The molecule has 2 aromatic carbocycles. The summed E-state index contributed by atoms with van der Waals surface area (Å²) in [5.74, 6) is 0.848. The maximum absolute atomic E-state index is 12.3. The van der Waals surface area contributed by atoms with Crippen LogP contribution in [-0.4, -0.2) is 44.8 Å². The van der Waals surface area contributed by atoms with E-state index in [1.807, 2.05) is 39.8 Å². The third-order valence-corrected chi connectivity index (χ3v) is 4.01.